The van der Waals surface area contributed by atoms with E-state index >= 15 is 0 Å². The summed E-state index contributed by atoms with van der Waals surface area (Å²) in [5.74, 6) is -0.933. The van der Waals surface area contributed by atoms with E-state index in [4.69, 9.17) is 14.2 Å². The minimum atomic E-state index is -0.799. The minimum absolute atomic E-state index is 0.0941. The summed E-state index contributed by atoms with van der Waals surface area (Å²) in [6.45, 7) is 6.48. The van der Waals surface area contributed by atoms with Crippen LogP contribution in [0.15, 0.2) is 97.2 Å². The van der Waals surface area contributed by atoms with Crippen molar-refractivity contribution in [3.8, 4) is 0 Å². The van der Waals surface area contributed by atoms with Crippen LogP contribution in [0.25, 0.3) is 0 Å². The van der Waals surface area contributed by atoms with Crippen LogP contribution in [0.5, 0.6) is 0 Å². The average molecular weight is 1000 g/mol. The highest BCUT2D eigenvalue weighted by molar-refractivity contribution is 5.71. The van der Waals surface area contributed by atoms with E-state index in [-0.39, 0.29) is 31.1 Å². The predicted molar refractivity (Wildman–Crippen MR) is 311 cm³/mol. The molecule has 0 heterocycles. The van der Waals surface area contributed by atoms with Crippen LogP contribution in [0.3, 0.4) is 0 Å². The highest BCUT2D eigenvalue weighted by atomic mass is 16.6. The van der Waals surface area contributed by atoms with Crippen molar-refractivity contribution in [3.63, 3.8) is 0 Å². The fraction of sp³-hybridized carbons (Fsp3) is 0.712. The SMILES string of the molecule is CC/C=C\C/C=C\C/C=C\C/C=C\C/C=C\CCCCCC(=O)OC[C@@H](COC(=O)CCCCCCC/C=C\CCCCCCCCC)OC(=O)CCCCCCCCCCC/C=C\C/C=C\CCCCC. The molecular weight excluding hydrogens is 889 g/mol. The van der Waals surface area contributed by atoms with Crippen LogP contribution in [0, 0.1) is 0 Å². The Morgan fingerprint density at radius 2 is 0.542 bits per heavy atom. The second-order valence-corrected chi connectivity index (χ2v) is 19.9. The third-order valence-electron chi connectivity index (χ3n) is 12.8. The van der Waals surface area contributed by atoms with Gasteiger partial charge in [0.25, 0.3) is 0 Å². The molecule has 1 atom stereocenters. The van der Waals surface area contributed by atoms with Gasteiger partial charge in [-0.05, 0) is 122 Å². The van der Waals surface area contributed by atoms with Crippen LogP contribution < -0.4 is 0 Å². The lowest BCUT2D eigenvalue weighted by Gasteiger charge is -2.18. The Morgan fingerprint density at radius 1 is 0.292 bits per heavy atom. The Bertz CT molecular complexity index is 1430. The number of rotatable bonds is 54. The second-order valence-electron chi connectivity index (χ2n) is 19.9. The molecule has 0 saturated carbocycles. The first-order chi connectivity index (χ1) is 35.5. The Hall–Kier alpha value is -3.67. The van der Waals surface area contributed by atoms with Crippen molar-refractivity contribution in [2.24, 2.45) is 0 Å². The van der Waals surface area contributed by atoms with Gasteiger partial charge in [0.15, 0.2) is 6.10 Å². The summed E-state index contributed by atoms with van der Waals surface area (Å²) >= 11 is 0. The number of carbonyl (C=O) groups excluding carboxylic acids is 3. The maximum Gasteiger partial charge on any atom is 0.306 e. The van der Waals surface area contributed by atoms with E-state index in [1.54, 1.807) is 0 Å². The lowest BCUT2D eigenvalue weighted by molar-refractivity contribution is -0.167. The van der Waals surface area contributed by atoms with E-state index in [0.29, 0.717) is 19.3 Å². The van der Waals surface area contributed by atoms with Crippen LogP contribution >= 0.6 is 0 Å². The average Bonchev–Trinajstić information content (AvgIpc) is 3.38. The molecular formula is C66H112O6. The molecule has 72 heavy (non-hydrogen) atoms. The normalized spacial score (nSPS) is 12.8. The molecule has 0 aromatic heterocycles. The predicted octanol–water partition coefficient (Wildman–Crippen LogP) is 20.5. The molecule has 412 valence electrons. The first-order valence-corrected chi connectivity index (χ1v) is 30.2. The largest absolute Gasteiger partial charge is 0.462 e. The second kappa shape index (κ2) is 59.9. The quantitative estimate of drug-likeness (QED) is 0.0261. The molecule has 0 aliphatic heterocycles. The zero-order chi connectivity index (χ0) is 52.2. The maximum absolute atomic E-state index is 12.9. The van der Waals surface area contributed by atoms with Gasteiger partial charge >= 0.3 is 17.9 Å². The van der Waals surface area contributed by atoms with Gasteiger partial charge < -0.3 is 14.2 Å². The van der Waals surface area contributed by atoms with E-state index in [1.165, 1.54) is 135 Å². The number of allylic oxidation sites excluding steroid dienone is 16. The first kappa shape index (κ1) is 68.3. The van der Waals surface area contributed by atoms with Gasteiger partial charge in [-0.3, -0.25) is 14.4 Å². The zero-order valence-electron chi connectivity index (χ0n) is 47.2. The van der Waals surface area contributed by atoms with Crippen molar-refractivity contribution in [2.45, 2.75) is 290 Å². The Balaban J connectivity index is 4.46. The topological polar surface area (TPSA) is 78.9 Å². The molecule has 0 fully saturated rings. The molecule has 0 aromatic carbocycles. The lowest BCUT2D eigenvalue weighted by atomic mass is 10.1. The number of unbranched alkanes of at least 4 members (excludes halogenated alkanes) is 27. The summed E-state index contributed by atoms with van der Waals surface area (Å²) < 4.78 is 16.9. The van der Waals surface area contributed by atoms with Crippen LogP contribution in [-0.2, 0) is 28.6 Å². The van der Waals surface area contributed by atoms with E-state index in [0.717, 1.165) is 109 Å². The van der Waals surface area contributed by atoms with Crippen molar-refractivity contribution < 1.29 is 28.6 Å². The lowest BCUT2D eigenvalue weighted by Crippen LogP contribution is -2.30. The molecule has 0 radical (unpaired) electrons. The monoisotopic (exact) mass is 1000 g/mol. The van der Waals surface area contributed by atoms with Crippen LogP contribution in [0.4, 0.5) is 0 Å². The Morgan fingerprint density at radius 3 is 0.903 bits per heavy atom. The van der Waals surface area contributed by atoms with Crippen molar-refractivity contribution in [1.29, 1.82) is 0 Å². The minimum Gasteiger partial charge on any atom is -0.462 e. The van der Waals surface area contributed by atoms with Crippen molar-refractivity contribution in [2.75, 3.05) is 13.2 Å². The number of hydrogen-bond donors (Lipinski definition) is 0. The van der Waals surface area contributed by atoms with Crippen LogP contribution in [0.2, 0.25) is 0 Å². The molecule has 6 nitrogen and oxygen atoms in total. The third kappa shape index (κ3) is 57.2. The van der Waals surface area contributed by atoms with E-state index in [2.05, 4.69) is 118 Å². The number of ether oxygens (including phenoxy) is 3. The summed E-state index contributed by atoms with van der Waals surface area (Å²) in [5.41, 5.74) is 0. The van der Waals surface area contributed by atoms with Crippen molar-refractivity contribution in [3.05, 3.63) is 97.2 Å². The molecule has 0 aromatic rings. The number of carbonyl (C=O) groups is 3. The van der Waals surface area contributed by atoms with Gasteiger partial charge in [-0.2, -0.15) is 0 Å². The van der Waals surface area contributed by atoms with Gasteiger partial charge in [0.2, 0.25) is 0 Å². The summed E-state index contributed by atoms with van der Waals surface area (Å²) in [6, 6.07) is 0. The van der Waals surface area contributed by atoms with Gasteiger partial charge in [-0.15, -0.1) is 0 Å². The zero-order valence-corrected chi connectivity index (χ0v) is 47.2. The van der Waals surface area contributed by atoms with Gasteiger partial charge in [-0.1, -0.05) is 240 Å². The fourth-order valence-electron chi connectivity index (χ4n) is 8.26. The van der Waals surface area contributed by atoms with Gasteiger partial charge in [0.1, 0.15) is 13.2 Å². The molecule has 0 amide bonds. The molecule has 0 spiro atoms. The highest BCUT2D eigenvalue weighted by Crippen LogP contribution is 2.15. The molecule has 0 saturated heterocycles. The molecule has 0 unspecified atom stereocenters. The van der Waals surface area contributed by atoms with Crippen LogP contribution in [0.1, 0.15) is 284 Å². The third-order valence-corrected chi connectivity index (χ3v) is 12.8. The number of hydrogen-bond acceptors (Lipinski definition) is 6. The standard InChI is InChI=1S/C66H112O6/c1-4-7-10-13-16-19-22-25-28-31-33-35-38-41-44-47-50-53-56-59-65(68)71-62-63(61-70-64(67)58-55-52-49-46-43-40-37-30-27-24-21-18-15-12-9-6-3)72-66(69)60-57-54-51-48-45-42-39-36-34-32-29-26-23-20-17-14-11-8-5-2/h7,10,16-17,19-20,25-26,28-30,33,35,37,41,44,63H,4-6,8-9,11-15,18,21-24,27,31-32,34,36,38-40,42-43,45-62H2,1-3H3/b10-7-,19-16-,20-17-,28-25-,29-26-,35-33-,37-30-,44-41-/t63-/m1/s1. The molecule has 0 aliphatic rings. The summed E-state index contributed by atoms with van der Waals surface area (Å²) in [5, 5.41) is 0. The fourth-order valence-corrected chi connectivity index (χ4v) is 8.26. The summed E-state index contributed by atoms with van der Waals surface area (Å²) in [7, 11) is 0. The first-order valence-electron chi connectivity index (χ1n) is 30.2. The van der Waals surface area contributed by atoms with Gasteiger partial charge in [-0.25, -0.2) is 0 Å². The Kier molecular flexibility index (Phi) is 56.8. The summed E-state index contributed by atoms with van der Waals surface area (Å²) in [4.78, 5) is 38.3. The molecule has 6 heteroatoms. The maximum atomic E-state index is 12.9. The Labute approximate surface area is 445 Å². The van der Waals surface area contributed by atoms with E-state index < -0.39 is 6.10 Å². The number of esters is 3. The molecule has 0 bridgehead atoms. The van der Waals surface area contributed by atoms with Gasteiger partial charge in [0, 0.05) is 19.3 Å². The van der Waals surface area contributed by atoms with Crippen LogP contribution in [-0.4, -0.2) is 37.2 Å². The molecule has 0 aliphatic carbocycles. The smallest absolute Gasteiger partial charge is 0.306 e. The highest BCUT2D eigenvalue weighted by Gasteiger charge is 2.19. The van der Waals surface area contributed by atoms with Crippen molar-refractivity contribution >= 4 is 17.9 Å². The van der Waals surface area contributed by atoms with Gasteiger partial charge in [0.05, 0.1) is 0 Å². The van der Waals surface area contributed by atoms with Crippen molar-refractivity contribution in [1.82, 2.24) is 0 Å². The summed E-state index contributed by atoms with van der Waals surface area (Å²) in [6.07, 6.45) is 79.7. The van der Waals surface area contributed by atoms with E-state index in [1.807, 2.05) is 0 Å². The molecule has 0 rings (SSSR count). The van der Waals surface area contributed by atoms with E-state index in [9.17, 15) is 14.4 Å². The molecule has 0 N–H and O–H groups in total.